The maximum atomic E-state index is 9.03. The van der Waals surface area contributed by atoms with Crippen LogP contribution in [0.2, 0.25) is 0 Å². The van der Waals surface area contributed by atoms with E-state index in [4.69, 9.17) is 20.1 Å². The van der Waals surface area contributed by atoms with Crippen molar-refractivity contribution in [2.75, 3.05) is 6.61 Å². The van der Waals surface area contributed by atoms with Gasteiger partial charge >= 0.3 is 0 Å². The summed E-state index contributed by atoms with van der Waals surface area (Å²) in [6, 6.07) is 0. The standard InChI is InChI=1S/C6H12O4/c7-3-5-1-4(8)2-6(9)10-5/h4-9H,1-3H2/t4-,5-,6+/m1/s1. The van der Waals surface area contributed by atoms with Gasteiger partial charge in [-0.05, 0) is 0 Å². The number of rotatable bonds is 1. The Morgan fingerprint density at radius 2 is 2.00 bits per heavy atom. The van der Waals surface area contributed by atoms with E-state index < -0.39 is 18.5 Å². The Morgan fingerprint density at radius 1 is 1.30 bits per heavy atom. The fourth-order valence-corrected chi connectivity index (χ4v) is 1.08. The first-order valence-corrected chi connectivity index (χ1v) is 3.35. The first-order valence-electron chi connectivity index (χ1n) is 3.35. The monoisotopic (exact) mass is 148 g/mol. The van der Waals surface area contributed by atoms with E-state index in [0.717, 1.165) is 0 Å². The molecule has 60 valence electrons. The van der Waals surface area contributed by atoms with Gasteiger partial charge in [0, 0.05) is 12.8 Å². The first-order chi connectivity index (χ1) is 4.72. The number of ether oxygens (including phenoxy) is 1. The van der Waals surface area contributed by atoms with Crippen LogP contribution in [0.1, 0.15) is 12.8 Å². The largest absolute Gasteiger partial charge is 0.394 e. The molecule has 1 aliphatic rings. The molecular formula is C6H12O4. The minimum Gasteiger partial charge on any atom is -0.394 e. The SMILES string of the molecule is OC[C@H]1C[C@@H](O)C[C@@H](O)O1. The van der Waals surface area contributed by atoms with Crippen LogP contribution in [0.3, 0.4) is 0 Å². The molecule has 0 amide bonds. The molecule has 1 rings (SSSR count). The molecule has 0 spiro atoms. The third-order valence-electron chi connectivity index (χ3n) is 1.56. The third kappa shape index (κ3) is 1.91. The zero-order valence-corrected chi connectivity index (χ0v) is 5.60. The molecule has 0 aromatic carbocycles. The summed E-state index contributed by atoms with van der Waals surface area (Å²) in [5.74, 6) is 0. The summed E-state index contributed by atoms with van der Waals surface area (Å²) in [4.78, 5) is 0. The molecule has 0 saturated carbocycles. The van der Waals surface area contributed by atoms with Crippen LogP contribution in [0, 0.1) is 0 Å². The molecule has 10 heavy (non-hydrogen) atoms. The molecule has 1 fully saturated rings. The highest BCUT2D eigenvalue weighted by Gasteiger charge is 2.25. The first kappa shape index (κ1) is 7.94. The summed E-state index contributed by atoms with van der Waals surface area (Å²) in [6.45, 7) is -0.145. The molecule has 0 aromatic heterocycles. The van der Waals surface area contributed by atoms with Crippen LogP contribution in [0.15, 0.2) is 0 Å². The van der Waals surface area contributed by atoms with Gasteiger partial charge in [0.25, 0.3) is 0 Å². The topological polar surface area (TPSA) is 69.9 Å². The smallest absolute Gasteiger partial charge is 0.157 e. The van der Waals surface area contributed by atoms with Gasteiger partial charge in [-0.3, -0.25) is 0 Å². The maximum Gasteiger partial charge on any atom is 0.157 e. The van der Waals surface area contributed by atoms with Crippen LogP contribution in [0.25, 0.3) is 0 Å². The van der Waals surface area contributed by atoms with Gasteiger partial charge in [0.15, 0.2) is 6.29 Å². The van der Waals surface area contributed by atoms with Crippen molar-refractivity contribution in [3.05, 3.63) is 0 Å². The molecule has 0 unspecified atom stereocenters. The second-order valence-electron chi connectivity index (χ2n) is 2.52. The predicted molar refractivity (Wildman–Crippen MR) is 33.2 cm³/mol. The summed E-state index contributed by atoms with van der Waals surface area (Å²) in [6.07, 6.45) is -1.20. The molecule has 0 aliphatic carbocycles. The van der Waals surface area contributed by atoms with Crippen molar-refractivity contribution in [3.63, 3.8) is 0 Å². The van der Waals surface area contributed by atoms with Crippen LogP contribution in [0.5, 0.6) is 0 Å². The Balaban J connectivity index is 2.35. The summed E-state index contributed by atoms with van der Waals surface area (Å²) in [5, 5.41) is 26.5. The summed E-state index contributed by atoms with van der Waals surface area (Å²) < 4.78 is 4.85. The quantitative estimate of drug-likeness (QED) is 0.438. The van der Waals surface area contributed by atoms with Crippen LogP contribution in [-0.2, 0) is 4.74 Å². The summed E-state index contributed by atoms with van der Waals surface area (Å²) in [5.41, 5.74) is 0. The molecule has 3 atom stereocenters. The van der Waals surface area contributed by atoms with E-state index in [0.29, 0.717) is 6.42 Å². The number of hydrogen-bond donors (Lipinski definition) is 3. The third-order valence-corrected chi connectivity index (χ3v) is 1.56. The molecule has 1 heterocycles. The van der Waals surface area contributed by atoms with Crippen LogP contribution in [0.4, 0.5) is 0 Å². The zero-order valence-electron chi connectivity index (χ0n) is 5.60. The molecule has 0 aromatic rings. The Bertz CT molecular complexity index is 95.9. The van der Waals surface area contributed by atoms with E-state index in [1.54, 1.807) is 0 Å². The lowest BCUT2D eigenvalue weighted by Gasteiger charge is -2.28. The van der Waals surface area contributed by atoms with Gasteiger partial charge in [0.2, 0.25) is 0 Å². The van der Waals surface area contributed by atoms with Crippen LogP contribution in [-0.4, -0.2) is 40.4 Å². The Labute approximate surface area is 59.1 Å². The Kier molecular flexibility index (Phi) is 2.62. The normalized spacial score (nSPS) is 41.7. The predicted octanol–water partition coefficient (Wildman–Crippen LogP) is -1.16. The van der Waals surface area contributed by atoms with Gasteiger partial charge in [0.05, 0.1) is 18.8 Å². The van der Waals surface area contributed by atoms with E-state index in [9.17, 15) is 0 Å². The van der Waals surface area contributed by atoms with Gasteiger partial charge in [0.1, 0.15) is 0 Å². The van der Waals surface area contributed by atoms with E-state index in [-0.39, 0.29) is 13.0 Å². The molecule has 3 N–H and O–H groups in total. The van der Waals surface area contributed by atoms with Crippen molar-refractivity contribution in [2.24, 2.45) is 0 Å². The fourth-order valence-electron chi connectivity index (χ4n) is 1.08. The van der Waals surface area contributed by atoms with E-state index in [1.807, 2.05) is 0 Å². The average Bonchev–Trinajstić information content (AvgIpc) is 1.85. The number of aliphatic hydroxyl groups is 3. The highest BCUT2D eigenvalue weighted by Crippen LogP contribution is 2.17. The molecular weight excluding hydrogens is 136 g/mol. The summed E-state index contributed by atoms with van der Waals surface area (Å²) in [7, 11) is 0. The zero-order chi connectivity index (χ0) is 7.56. The lowest BCUT2D eigenvalue weighted by atomic mass is 10.1. The van der Waals surface area contributed by atoms with Crippen LogP contribution >= 0.6 is 0 Å². The average molecular weight is 148 g/mol. The van der Waals surface area contributed by atoms with Crippen molar-refractivity contribution in [3.8, 4) is 0 Å². The van der Waals surface area contributed by atoms with E-state index >= 15 is 0 Å². The maximum absolute atomic E-state index is 9.03. The molecule has 1 saturated heterocycles. The van der Waals surface area contributed by atoms with Crippen molar-refractivity contribution < 1.29 is 20.1 Å². The van der Waals surface area contributed by atoms with E-state index in [1.165, 1.54) is 0 Å². The van der Waals surface area contributed by atoms with Gasteiger partial charge in [-0.15, -0.1) is 0 Å². The minimum absolute atomic E-state index is 0.145. The Morgan fingerprint density at radius 3 is 2.50 bits per heavy atom. The highest BCUT2D eigenvalue weighted by molar-refractivity contribution is 4.71. The molecule has 4 heteroatoms. The highest BCUT2D eigenvalue weighted by atomic mass is 16.6. The van der Waals surface area contributed by atoms with Crippen molar-refractivity contribution >= 4 is 0 Å². The molecule has 4 nitrogen and oxygen atoms in total. The second-order valence-corrected chi connectivity index (χ2v) is 2.52. The molecule has 0 radical (unpaired) electrons. The van der Waals surface area contributed by atoms with Gasteiger partial charge in [-0.25, -0.2) is 0 Å². The summed E-state index contributed by atoms with van der Waals surface area (Å²) >= 11 is 0. The van der Waals surface area contributed by atoms with E-state index in [2.05, 4.69) is 0 Å². The lowest BCUT2D eigenvalue weighted by molar-refractivity contribution is -0.197. The Hall–Kier alpha value is -0.160. The molecule has 0 bridgehead atoms. The molecule has 1 aliphatic heterocycles. The van der Waals surface area contributed by atoms with Crippen molar-refractivity contribution in [1.29, 1.82) is 0 Å². The van der Waals surface area contributed by atoms with Gasteiger partial charge in [-0.2, -0.15) is 0 Å². The van der Waals surface area contributed by atoms with Gasteiger partial charge in [-0.1, -0.05) is 0 Å². The second kappa shape index (κ2) is 3.30. The number of hydrogen-bond acceptors (Lipinski definition) is 4. The lowest BCUT2D eigenvalue weighted by Crippen LogP contribution is -2.37. The van der Waals surface area contributed by atoms with Crippen LogP contribution < -0.4 is 0 Å². The van der Waals surface area contributed by atoms with Gasteiger partial charge < -0.3 is 20.1 Å². The van der Waals surface area contributed by atoms with Crippen molar-refractivity contribution in [2.45, 2.75) is 31.3 Å². The minimum atomic E-state index is -0.916. The fraction of sp³-hybridized carbons (Fsp3) is 1.00. The van der Waals surface area contributed by atoms with Crippen molar-refractivity contribution in [1.82, 2.24) is 0 Å². The number of aliphatic hydroxyl groups excluding tert-OH is 3.